The van der Waals surface area contributed by atoms with Crippen molar-refractivity contribution in [2.24, 2.45) is 0 Å². The molecule has 9 heteroatoms. The number of carbonyl (C=O) groups is 1. The summed E-state index contributed by atoms with van der Waals surface area (Å²) in [7, 11) is 0. The molecule has 2 aliphatic heterocycles. The molecule has 1 unspecified atom stereocenters. The zero-order valence-electron chi connectivity index (χ0n) is 21.2. The van der Waals surface area contributed by atoms with E-state index in [0.29, 0.717) is 37.5 Å². The predicted octanol–water partition coefficient (Wildman–Crippen LogP) is 3.54. The van der Waals surface area contributed by atoms with Crippen molar-refractivity contribution >= 4 is 11.5 Å². The second kappa shape index (κ2) is 11.9. The topological polar surface area (TPSA) is 110 Å². The molecule has 2 aromatic heterocycles. The van der Waals surface area contributed by atoms with Crippen molar-refractivity contribution in [1.29, 1.82) is 0 Å². The Hall–Kier alpha value is -3.27. The number of carbonyl (C=O) groups excluding carboxylic acids is 1. The molecule has 1 saturated heterocycles. The molecule has 37 heavy (non-hydrogen) atoms. The fraction of sp³-hybridized carbons (Fsp3) is 0.464. The number of β-amino-alcohol motifs (C(OH)–C–C–N with tert-alkyl or cyclic N) is 1. The van der Waals surface area contributed by atoms with Crippen LogP contribution in [-0.4, -0.2) is 64.2 Å². The van der Waals surface area contributed by atoms with Gasteiger partial charge in [0.05, 0.1) is 30.6 Å². The molecule has 1 fully saturated rings. The lowest BCUT2D eigenvalue weighted by Gasteiger charge is -2.31. The fourth-order valence-corrected chi connectivity index (χ4v) is 5.04. The Kier molecular flexibility index (Phi) is 8.13. The number of ether oxygens (including phenoxy) is 2. The van der Waals surface area contributed by atoms with Gasteiger partial charge in [0.15, 0.2) is 17.9 Å². The van der Waals surface area contributed by atoms with Gasteiger partial charge in [-0.05, 0) is 55.0 Å². The van der Waals surface area contributed by atoms with Gasteiger partial charge in [-0.3, -0.25) is 14.7 Å². The number of pyridine rings is 1. The molecular formula is C28H34N4O5. The Morgan fingerprint density at radius 1 is 1.30 bits per heavy atom. The first-order chi connectivity index (χ1) is 18.0. The first-order valence-electron chi connectivity index (χ1n) is 12.9. The van der Waals surface area contributed by atoms with E-state index in [4.69, 9.17) is 13.9 Å². The zero-order valence-corrected chi connectivity index (χ0v) is 21.2. The number of fused-ring (bicyclic) bond motifs is 1. The summed E-state index contributed by atoms with van der Waals surface area (Å²) in [5.41, 5.74) is 5.10. The molecule has 5 rings (SSSR count). The van der Waals surface area contributed by atoms with Crippen molar-refractivity contribution in [3.05, 3.63) is 71.2 Å². The van der Waals surface area contributed by atoms with Gasteiger partial charge in [-0.25, -0.2) is 4.98 Å². The third kappa shape index (κ3) is 6.54. The minimum atomic E-state index is -0.569. The van der Waals surface area contributed by atoms with E-state index in [1.54, 1.807) is 18.6 Å². The molecule has 0 aliphatic carbocycles. The minimum absolute atomic E-state index is 0.00431. The van der Waals surface area contributed by atoms with Crippen molar-refractivity contribution in [1.82, 2.24) is 14.9 Å². The number of anilines is 1. The SMILES string of the molecule is Cc1c(OCc2cnco2)ccc2c1CCN(C[C@@H](O)CCC(=O)c1cncc(NC3CCOC3)c1)C2. The van der Waals surface area contributed by atoms with Crippen LogP contribution in [0.5, 0.6) is 5.75 Å². The number of hydrogen-bond acceptors (Lipinski definition) is 9. The van der Waals surface area contributed by atoms with Crippen molar-refractivity contribution in [2.75, 3.05) is 31.6 Å². The Bertz CT molecular complexity index is 1190. The molecular weight excluding hydrogens is 472 g/mol. The van der Waals surface area contributed by atoms with Crippen LogP contribution in [0.3, 0.4) is 0 Å². The van der Waals surface area contributed by atoms with Crippen LogP contribution in [0.25, 0.3) is 0 Å². The van der Waals surface area contributed by atoms with E-state index in [2.05, 4.69) is 33.2 Å². The molecule has 4 heterocycles. The Morgan fingerprint density at radius 2 is 2.22 bits per heavy atom. The highest BCUT2D eigenvalue weighted by molar-refractivity contribution is 5.96. The van der Waals surface area contributed by atoms with Crippen molar-refractivity contribution in [3.8, 4) is 5.75 Å². The summed E-state index contributed by atoms with van der Waals surface area (Å²) in [6.07, 6.45) is 8.36. The van der Waals surface area contributed by atoms with Gasteiger partial charge in [-0.2, -0.15) is 0 Å². The van der Waals surface area contributed by atoms with Gasteiger partial charge in [-0.1, -0.05) is 6.07 Å². The van der Waals surface area contributed by atoms with E-state index in [1.165, 1.54) is 17.5 Å². The van der Waals surface area contributed by atoms with Crippen LogP contribution in [0, 0.1) is 6.92 Å². The van der Waals surface area contributed by atoms with Gasteiger partial charge in [0.1, 0.15) is 12.4 Å². The zero-order chi connectivity index (χ0) is 25.6. The maximum Gasteiger partial charge on any atom is 0.181 e. The second-order valence-electron chi connectivity index (χ2n) is 9.85. The predicted molar refractivity (Wildman–Crippen MR) is 138 cm³/mol. The van der Waals surface area contributed by atoms with Crippen LogP contribution in [0.2, 0.25) is 0 Å². The second-order valence-corrected chi connectivity index (χ2v) is 9.85. The molecule has 9 nitrogen and oxygen atoms in total. The highest BCUT2D eigenvalue weighted by Gasteiger charge is 2.22. The van der Waals surface area contributed by atoms with E-state index in [0.717, 1.165) is 49.5 Å². The molecule has 3 aromatic rings. The molecule has 0 bridgehead atoms. The van der Waals surface area contributed by atoms with E-state index >= 15 is 0 Å². The molecule has 0 radical (unpaired) electrons. The summed E-state index contributed by atoms with van der Waals surface area (Å²) in [4.78, 5) is 23.1. The molecule has 2 atom stereocenters. The number of benzene rings is 1. The monoisotopic (exact) mass is 506 g/mol. The molecule has 196 valence electrons. The molecule has 0 saturated carbocycles. The average Bonchev–Trinajstić information content (AvgIpc) is 3.62. The quantitative estimate of drug-likeness (QED) is 0.377. The lowest BCUT2D eigenvalue weighted by atomic mass is 9.94. The van der Waals surface area contributed by atoms with Gasteiger partial charge in [0, 0.05) is 50.6 Å². The smallest absolute Gasteiger partial charge is 0.181 e. The van der Waals surface area contributed by atoms with Gasteiger partial charge in [-0.15, -0.1) is 0 Å². The molecule has 2 aliphatic rings. The van der Waals surface area contributed by atoms with E-state index < -0.39 is 6.10 Å². The number of oxazole rings is 1. The number of nitrogens with zero attached hydrogens (tertiary/aromatic N) is 3. The van der Waals surface area contributed by atoms with Crippen LogP contribution in [-0.2, 0) is 24.3 Å². The number of rotatable bonds is 11. The standard InChI is InChI=1S/C28H34N4O5/c1-19-26-6-8-32(14-20(26)2-5-28(19)36-17-25-13-30-18-37-25)15-24(33)3-4-27(34)21-10-23(12-29-11-21)31-22-7-9-35-16-22/h2,5,10-13,18,22,24,31,33H,3-4,6-9,14-17H2,1H3/t22?,24-/m0/s1. The molecule has 2 N–H and O–H groups in total. The maximum atomic E-state index is 12.8. The minimum Gasteiger partial charge on any atom is -0.485 e. The highest BCUT2D eigenvalue weighted by Crippen LogP contribution is 2.30. The average molecular weight is 507 g/mol. The summed E-state index contributed by atoms with van der Waals surface area (Å²) in [5.74, 6) is 1.54. The Morgan fingerprint density at radius 3 is 3.03 bits per heavy atom. The van der Waals surface area contributed by atoms with Crippen LogP contribution < -0.4 is 10.1 Å². The number of aromatic nitrogens is 2. The van der Waals surface area contributed by atoms with Gasteiger partial charge in [0.2, 0.25) is 0 Å². The third-order valence-corrected chi connectivity index (χ3v) is 7.11. The first kappa shape index (κ1) is 25.4. The highest BCUT2D eigenvalue weighted by atomic mass is 16.5. The summed E-state index contributed by atoms with van der Waals surface area (Å²) < 4.78 is 16.6. The summed E-state index contributed by atoms with van der Waals surface area (Å²) in [6, 6.07) is 6.20. The lowest BCUT2D eigenvalue weighted by Crippen LogP contribution is -2.37. The van der Waals surface area contributed by atoms with Crippen LogP contribution in [0.15, 0.2) is 47.6 Å². The number of aliphatic hydroxyl groups is 1. The Balaban J connectivity index is 1.10. The van der Waals surface area contributed by atoms with Crippen molar-refractivity contribution in [2.45, 2.75) is 57.9 Å². The summed E-state index contributed by atoms with van der Waals surface area (Å²) >= 11 is 0. The Labute approximate surface area is 216 Å². The number of Topliss-reactive ketones (excluding diaryl/α,β-unsaturated/α-hetero) is 1. The van der Waals surface area contributed by atoms with Gasteiger partial charge >= 0.3 is 0 Å². The maximum absolute atomic E-state index is 12.8. The number of aliphatic hydroxyl groups excluding tert-OH is 1. The van der Waals surface area contributed by atoms with Gasteiger partial charge in [0.25, 0.3) is 0 Å². The van der Waals surface area contributed by atoms with Crippen LogP contribution >= 0.6 is 0 Å². The van der Waals surface area contributed by atoms with Crippen LogP contribution in [0.4, 0.5) is 5.69 Å². The summed E-state index contributed by atoms with van der Waals surface area (Å²) in [6.45, 7) is 6.03. The van der Waals surface area contributed by atoms with E-state index in [9.17, 15) is 9.90 Å². The van der Waals surface area contributed by atoms with Gasteiger partial charge < -0.3 is 24.3 Å². The fourth-order valence-electron chi connectivity index (χ4n) is 5.04. The normalized spacial score (nSPS) is 18.4. The van der Waals surface area contributed by atoms with E-state index in [-0.39, 0.29) is 18.2 Å². The molecule has 0 amide bonds. The third-order valence-electron chi connectivity index (χ3n) is 7.11. The summed E-state index contributed by atoms with van der Waals surface area (Å²) in [5, 5.41) is 14.1. The number of nitrogens with one attached hydrogen (secondary N) is 1. The van der Waals surface area contributed by atoms with E-state index in [1.807, 2.05) is 12.1 Å². The number of hydrogen-bond donors (Lipinski definition) is 2. The van der Waals surface area contributed by atoms with Crippen molar-refractivity contribution < 1.29 is 23.8 Å². The first-order valence-corrected chi connectivity index (χ1v) is 12.9. The molecule has 0 spiro atoms. The van der Waals surface area contributed by atoms with Crippen molar-refractivity contribution in [3.63, 3.8) is 0 Å². The number of ketones is 1. The largest absolute Gasteiger partial charge is 0.485 e. The van der Waals surface area contributed by atoms with Crippen LogP contribution in [0.1, 0.15) is 52.1 Å². The lowest BCUT2D eigenvalue weighted by molar-refractivity contribution is 0.0836. The molecule has 1 aromatic carbocycles.